The van der Waals surface area contributed by atoms with Crippen molar-refractivity contribution in [2.75, 3.05) is 19.7 Å². The molecule has 0 bridgehead atoms. The fourth-order valence-corrected chi connectivity index (χ4v) is 2.96. The van der Waals surface area contributed by atoms with Crippen molar-refractivity contribution >= 4 is 18.3 Å². The Morgan fingerprint density at radius 3 is 2.55 bits per heavy atom. The van der Waals surface area contributed by atoms with E-state index in [-0.39, 0.29) is 24.4 Å². The summed E-state index contributed by atoms with van der Waals surface area (Å²) < 4.78 is 5.84. The Hall–Kier alpha value is -0.320. The molecule has 1 saturated carbocycles. The van der Waals surface area contributed by atoms with Crippen LogP contribution in [0.3, 0.4) is 0 Å². The van der Waals surface area contributed by atoms with Gasteiger partial charge in [0.25, 0.3) is 0 Å². The van der Waals surface area contributed by atoms with Gasteiger partial charge in [0.2, 0.25) is 5.91 Å². The van der Waals surface area contributed by atoms with Crippen molar-refractivity contribution in [2.24, 2.45) is 0 Å². The molecule has 0 spiro atoms. The summed E-state index contributed by atoms with van der Waals surface area (Å²) in [6.45, 7) is 2.50. The highest BCUT2D eigenvalue weighted by Crippen LogP contribution is 2.20. The Morgan fingerprint density at radius 2 is 1.85 bits per heavy atom. The minimum atomic E-state index is 0. The molecule has 1 atom stereocenters. The van der Waals surface area contributed by atoms with Gasteiger partial charge >= 0.3 is 0 Å². The minimum absolute atomic E-state index is 0. The molecule has 0 aromatic carbocycles. The van der Waals surface area contributed by atoms with E-state index in [1.165, 1.54) is 38.5 Å². The van der Waals surface area contributed by atoms with Gasteiger partial charge in [-0.25, -0.2) is 0 Å². The maximum absolute atomic E-state index is 11.8. The third-order valence-electron chi connectivity index (χ3n) is 4.15. The molecule has 1 amide bonds. The zero-order valence-corrected chi connectivity index (χ0v) is 13.2. The van der Waals surface area contributed by atoms with Crippen molar-refractivity contribution in [3.8, 4) is 0 Å². The van der Waals surface area contributed by atoms with Crippen molar-refractivity contribution in [3.63, 3.8) is 0 Å². The fourth-order valence-electron chi connectivity index (χ4n) is 2.96. The number of halogens is 1. The number of piperidine rings is 1. The number of ether oxygens (including phenoxy) is 1. The lowest BCUT2D eigenvalue weighted by atomic mass is 9.98. The summed E-state index contributed by atoms with van der Waals surface area (Å²) in [5, 5.41) is 6.28. The van der Waals surface area contributed by atoms with Crippen LogP contribution in [0.2, 0.25) is 0 Å². The SMILES string of the molecule is Cl.O=C(NCCCOC1CCCCC1)C1CCCCN1. The molecule has 1 aliphatic carbocycles. The summed E-state index contributed by atoms with van der Waals surface area (Å²) >= 11 is 0. The fraction of sp³-hybridized carbons (Fsp3) is 0.933. The first-order valence-electron chi connectivity index (χ1n) is 7.99. The van der Waals surface area contributed by atoms with E-state index in [4.69, 9.17) is 4.74 Å². The molecule has 118 valence electrons. The second-order valence-electron chi connectivity index (χ2n) is 5.78. The molecule has 2 aliphatic rings. The second-order valence-corrected chi connectivity index (χ2v) is 5.78. The molecule has 1 saturated heterocycles. The van der Waals surface area contributed by atoms with Gasteiger partial charge in [0.05, 0.1) is 12.1 Å². The maximum atomic E-state index is 11.8. The van der Waals surface area contributed by atoms with E-state index in [1.54, 1.807) is 0 Å². The smallest absolute Gasteiger partial charge is 0.237 e. The molecule has 2 rings (SSSR count). The summed E-state index contributed by atoms with van der Waals surface area (Å²) in [5.74, 6) is 0.164. The molecule has 1 unspecified atom stereocenters. The monoisotopic (exact) mass is 304 g/mol. The number of nitrogens with one attached hydrogen (secondary N) is 2. The van der Waals surface area contributed by atoms with Gasteiger partial charge in [-0.2, -0.15) is 0 Å². The molecule has 1 heterocycles. The summed E-state index contributed by atoms with van der Waals surface area (Å²) in [4.78, 5) is 11.8. The van der Waals surface area contributed by atoms with Crippen LogP contribution in [-0.2, 0) is 9.53 Å². The van der Waals surface area contributed by atoms with Crippen LogP contribution in [0.5, 0.6) is 0 Å². The van der Waals surface area contributed by atoms with Crippen molar-refractivity contribution < 1.29 is 9.53 Å². The zero-order chi connectivity index (χ0) is 13.3. The van der Waals surface area contributed by atoms with E-state index in [2.05, 4.69) is 10.6 Å². The van der Waals surface area contributed by atoms with Crippen LogP contribution in [0.15, 0.2) is 0 Å². The Kier molecular flexibility index (Phi) is 9.23. The van der Waals surface area contributed by atoms with Crippen LogP contribution in [-0.4, -0.2) is 37.7 Å². The van der Waals surface area contributed by atoms with Gasteiger partial charge in [-0.1, -0.05) is 25.7 Å². The first-order valence-corrected chi connectivity index (χ1v) is 7.99. The predicted octanol–water partition coefficient (Wildman–Crippen LogP) is 2.41. The van der Waals surface area contributed by atoms with Crippen LogP contribution < -0.4 is 10.6 Å². The number of hydrogen-bond donors (Lipinski definition) is 2. The van der Waals surface area contributed by atoms with Crippen molar-refractivity contribution in [3.05, 3.63) is 0 Å². The quantitative estimate of drug-likeness (QED) is 0.741. The summed E-state index contributed by atoms with van der Waals surface area (Å²) in [7, 11) is 0. The standard InChI is InChI=1S/C15H28N2O2.ClH/c18-15(14-9-4-5-10-16-14)17-11-6-12-19-13-7-2-1-3-8-13;/h13-14,16H,1-12H2,(H,17,18);1H. The topological polar surface area (TPSA) is 50.4 Å². The van der Waals surface area contributed by atoms with E-state index in [1.807, 2.05) is 0 Å². The molecular weight excluding hydrogens is 276 g/mol. The van der Waals surface area contributed by atoms with Gasteiger partial charge in [0.15, 0.2) is 0 Å². The summed E-state index contributed by atoms with van der Waals surface area (Å²) in [6, 6.07) is 0.0352. The number of carbonyl (C=O) groups excluding carboxylic acids is 1. The van der Waals surface area contributed by atoms with E-state index < -0.39 is 0 Å². The number of rotatable bonds is 6. The van der Waals surface area contributed by atoms with Gasteiger partial charge in [-0.15, -0.1) is 12.4 Å². The van der Waals surface area contributed by atoms with Crippen molar-refractivity contribution in [2.45, 2.75) is 69.9 Å². The average molecular weight is 305 g/mol. The lowest BCUT2D eigenvalue weighted by Crippen LogP contribution is -2.46. The maximum Gasteiger partial charge on any atom is 0.237 e. The Morgan fingerprint density at radius 1 is 1.10 bits per heavy atom. The summed E-state index contributed by atoms with van der Waals surface area (Å²) in [6.07, 6.45) is 11.2. The van der Waals surface area contributed by atoms with E-state index in [0.29, 0.717) is 6.10 Å². The molecule has 0 radical (unpaired) electrons. The third kappa shape index (κ3) is 6.42. The van der Waals surface area contributed by atoms with Gasteiger partial charge in [-0.3, -0.25) is 4.79 Å². The average Bonchev–Trinajstić information content (AvgIpc) is 2.49. The Bertz CT molecular complexity index is 265. The van der Waals surface area contributed by atoms with Gasteiger partial charge in [0, 0.05) is 13.2 Å². The molecule has 2 N–H and O–H groups in total. The van der Waals surface area contributed by atoms with Crippen LogP contribution in [0.25, 0.3) is 0 Å². The highest BCUT2D eigenvalue weighted by atomic mass is 35.5. The van der Waals surface area contributed by atoms with Gasteiger partial charge < -0.3 is 15.4 Å². The molecule has 2 fully saturated rings. The molecule has 20 heavy (non-hydrogen) atoms. The van der Waals surface area contributed by atoms with Crippen LogP contribution in [0.1, 0.15) is 57.8 Å². The normalized spacial score (nSPS) is 23.9. The van der Waals surface area contributed by atoms with Gasteiger partial charge in [-0.05, 0) is 38.6 Å². The molecule has 5 heteroatoms. The summed E-state index contributed by atoms with van der Waals surface area (Å²) in [5.41, 5.74) is 0. The lowest BCUT2D eigenvalue weighted by Gasteiger charge is -2.23. The molecule has 4 nitrogen and oxygen atoms in total. The third-order valence-corrected chi connectivity index (χ3v) is 4.15. The Balaban J connectivity index is 0.00000200. The number of amides is 1. The number of carbonyl (C=O) groups is 1. The zero-order valence-electron chi connectivity index (χ0n) is 12.4. The largest absolute Gasteiger partial charge is 0.378 e. The van der Waals surface area contributed by atoms with Crippen molar-refractivity contribution in [1.29, 1.82) is 0 Å². The van der Waals surface area contributed by atoms with Crippen LogP contribution in [0, 0.1) is 0 Å². The van der Waals surface area contributed by atoms with Gasteiger partial charge in [0.1, 0.15) is 0 Å². The molecule has 1 aliphatic heterocycles. The first-order chi connectivity index (χ1) is 9.36. The van der Waals surface area contributed by atoms with E-state index in [0.717, 1.165) is 39.0 Å². The van der Waals surface area contributed by atoms with E-state index in [9.17, 15) is 4.79 Å². The van der Waals surface area contributed by atoms with Crippen LogP contribution in [0.4, 0.5) is 0 Å². The first kappa shape index (κ1) is 17.7. The van der Waals surface area contributed by atoms with Crippen LogP contribution >= 0.6 is 12.4 Å². The minimum Gasteiger partial charge on any atom is -0.378 e. The lowest BCUT2D eigenvalue weighted by molar-refractivity contribution is -0.123. The highest BCUT2D eigenvalue weighted by Gasteiger charge is 2.19. The number of hydrogen-bond acceptors (Lipinski definition) is 3. The predicted molar refractivity (Wildman–Crippen MR) is 83.3 cm³/mol. The molecular formula is C15H29ClN2O2. The molecule has 0 aromatic heterocycles. The highest BCUT2D eigenvalue weighted by molar-refractivity contribution is 5.85. The Labute approximate surface area is 128 Å². The molecule has 0 aromatic rings. The second kappa shape index (κ2) is 10.4. The van der Waals surface area contributed by atoms with E-state index >= 15 is 0 Å². The van der Waals surface area contributed by atoms with Crippen molar-refractivity contribution in [1.82, 2.24) is 10.6 Å².